The largest absolute Gasteiger partial charge is 0.394 e. The summed E-state index contributed by atoms with van der Waals surface area (Å²) in [5, 5.41) is 20.7. The average molecular weight is 453 g/mol. The van der Waals surface area contributed by atoms with Crippen LogP contribution in [0.1, 0.15) is 12.5 Å². The Hall–Kier alpha value is -3.74. The highest BCUT2D eigenvalue weighted by molar-refractivity contribution is 5.76. The Labute approximate surface area is 179 Å². The van der Waals surface area contributed by atoms with Crippen molar-refractivity contribution in [1.29, 1.82) is 0 Å². The van der Waals surface area contributed by atoms with Crippen molar-refractivity contribution in [2.24, 2.45) is 0 Å². The molecule has 0 aliphatic carbocycles. The first-order valence-corrected chi connectivity index (χ1v) is 9.34. The number of amides is 1. The van der Waals surface area contributed by atoms with Gasteiger partial charge in [-0.05, 0) is 6.92 Å². The molecule has 3 rings (SSSR count). The zero-order chi connectivity index (χ0) is 23.3. The van der Waals surface area contributed by atoms with E-state index in [9.17, 15) is 22.4 Å². The van der Waals surface area contributed by atoms with E-state index in [1.54, 1.807) is 6.92 Å². The van der Waals surface area contributed by atoms with Gasteiger partial charge in [-0.3, -0.25) is 9.48 Å². The lowest BCUT2D eigenvalue weighted by Crippen LogP contribution is -2.37. The van der Waals surface area contributed by atoms with Crippen LogP contribution in [0.25, 0.3) is 0 Å². The van der Waals surface area contributed by atoms with Crippen LogP contribution in [0, 0.1) is 23.3 Å². The Morgan fingerprint density at radius 2 is 1.88 bits per heavy atom. The number of halogens is 4. The van der Waals surface area contributed by atoms with E-state index in [0.29, 0.717) is 17.8 Å². The van der Waals surface area contributed by atoms with E-state index in [1.807, 2.05) is 0 Å². The fraction of sp³-hybridized carbons (Fsp3) is 0.263. The van der Waals surface area contributed by atoms with E-state index in [4.69, 9.17) is 5.11 Å². The molecule has 0 saturated heterocycles. The summed E-state index contributed by atoms with van der Waals surface area (Å²) >= 11 is 0. The van der Waals surface area contributed by atoms with Crippen molar-refractivity contribution < 1.29 is 27.5 Å². The monoisotopic (exact) mass is 453 g/mol. The quantitative estimate of drug-likeness (QED) is 0.367. The second kappa shape index (κ2) is 10.0. The van der Waals surface area contributed by atoms with Crippen LogP contribution in [0.3, 0.4) is 0 Å². The predicted octanol–water partition coefficient (Wildman–Crippen LogP) is 2.08. The molecule has 13 heteroatoms. The van der Waals surface area contributed by atoms with Crippen LogP contribution in [-0.2, 0) is 17.9 Å². The molecule has 0 spiro atoms. The smallest absolute Gasteiger partial charge is 0.242 e. The minimum Gasteiger partial charge on any atom is -0.394 e. The summed E-state index contributed by atoms with van der Waals surface area (Å²) in [4.78, 5) is 19.5. The van der Waals surface area contributed by atoms with Crippen molar-refractivity contribution in [1.82, 2.24) is 25.1 Å². The number of nitrogens with zero attached hydrogens (tertiary/aromatic N) is 4. The summed E-state index contributed by atoms with van der Waals surface area (Å²) in [7, 11) is 0. The molecule has 170 valence electrons. The van der Waals surface area contributed by atoms with Crippen molar-refractivity contribution in [2.45, 2.75) is 26.1 Å². The Morgan fingerprint density at radius 3 is 2.56 bits per heavy atom. The van der Waals surface area contributed by atoms with Gasteiger partial charge in [0.05, 0.1) is 24.7 Å². The minimum absolute atomic E-state index is 0.0492. The minimum atomic E-state index is -1.12. The number of carbonyl (C=O) groups is 1. The molecule has 0 bridgehead atoms. The van der Waals surface area contributed by atoms with E-state index in [-0.39, 0.29) is 30.8 Å². The van der Waals surface area contributed by atoms with Crippen molar-refractivity contribution in [3.8, 4) is 0 Å². The van der Waals surface area contributed by atoms with Crippen LogP contribution in [0.5, 0.6) is 0 Å². The summed E-state index contributed by atoms with van der Waals surface area (Å²) in [6, 6.07) is 0.642. The molecule has 0 aliphatic rings. The highest BCUT2D eigenvalue weighted by Crippen LogP contribution is 2.19. The van der Waals surface area contributed by atoms with Gasteiger partial charge in [0.25, 0.3) is 0 Å². The molecule has 0 fully saturated rings. The number of anilines is 3. The van der Waals surface area contributed by atoms with Crippen LogP contribution in [0.15, 0.2) is 30.7 Å². The van der Waals surface area contributed by atoms with Gasteiger partial charge in [-0.2, -0.15) is 10.1 Å². The van der Waals surface area contributed by atoms with Gasteiger partial charge in [-0.1, -0.05) is 0 Å². The molecule has 0 aliphatic heterocycles. The second-order valence-corrected chi connectivity index (χ2v) is 6.79. The number of hydrogen-bond donors (Lipinski definition) is 4. The first-order chi connectivity index (χ1) is 15.2. The number of carbonyl (C=O) groups excluding carboxylic acids is 1. The molecular formula is C19H19F4N7O2. The number of hydrogen-bond acceptors (Lipinski definition) is 7. The fourth-order valence-electron chi connectivity index (χ4n) is 2.62. The Balaban J connectivity index is 1.65. The molecule has 4 N–H and O–H groups in total. The number of aromatic nitrogens is 4. The van der Waals surface area contributed by atoms with Gasteiger partial charge in [-0.25, -0.2) is 22.5 Å². The van der Waals surface area contributed by atoms with Crippen LogP contribution in [0.2, 0.25) is 0 Å². The number of aliphatic hydroxyl groups excluding tert-OH is 1. The topological polar surface area (TPSA) is 117 Å². The maximum Gasteiger partial charge on any atom is 0.242 e. The van der Waals surface area contributed by atoms with Crippen molar-refractivity contribution in [3.05, 3.63) is 59.6 Å². The zero-order valence-electron chi connectivity index (χ0n) is 16.7. The van der Waals surface area contributed by atoms with E-state index in [1.165, 1.54) is 17.1 Å². The van der Waals surface area contributed by atoms with Crippen molar-refractivity contribution in [3.63, 3.8) is 0 Å². The van der Waals surface area contributed by atoms with Crippen LogP contribution in [-0.4, -0.2) is 43.4 Å². The molecule has 3 aromatic rings. The molecule has 32 heavy (non-hydrogen) atoms. The first-order valence-electron chi connectivity index (χ1n) is 9.34. The van der Waals surface area contributed by atoms with Gasteiger partial charge in [-0.15, -0.1) is 0 Å². The Bertz CT molecular complexity index is 1090. The Morgan fingerprint density at radius 1 is 1.16 bits per heavy atom. The van der Waals surface area contributed by atoms with Crippen molar-refractivity contribution in [2.75, 3.05) is 17.2 Å². The Kier molecular flexibility index (Phi) is 7.20. The van der Waals surface area contributed by atoms with Crippen molar-refractivity contribution >= 4 is 23.4 Å². The van der Waals surface area contributed by atoms with Gasteiger partial charge >= 0.3 is 0 Å². The highest BCUT2D eigenvalue weighted by Gasteiger charge is 2.14. The number of nitrogens with one attached hydrogen (secondary N) is 3. The number of aliphatic hydroxyl groups is 1. The SMILES string of the molecule is C[C@H](CO)NC(=O)Cn1cc(Nc2ncc(F)c(NCc3c(F)cc(F)cc3F)n2)cn1. The highest BCUT2D eigenvalue weighted by atomic mass is 19.1. The molecule has 0 radical (unpaired) electrons. The van der Waals surface area contributed by atoms with E-state index >= 15 is 0 Å². The summed E-state index contributed by atoms with van der Waals surface area (Å²) in [5.41, 5.74) is -0.0878. The predicted molar refractivity (Wildman–Crippen MR) is 106 cm³/mol. The molecule has 1 atom stereocenters. The third-order valence-electron chi connectivity index (χ3n) is 4.16. The lowest BCUT2D eigenvalue weighted by atomic mass is 10.2. The molecular weight excluding hydrogens is 434 g/mol. The van der Waals surface area contributed by atoms with Crippen LogP contribution >= 0.6 is 0 Å². The molecule has 0 unspecified atom stereocenters. The summed E-state index contributed by atoms with van der Waals surface area (Å²) < 4.78 is 55.9. The molecule has 2 heterocycles. The fourth-order valence-corrected chi connectivity index (χ4v) is 2.62. The van der Waals surface area contributed by atoms with E-state index in [0.717, 1.165) is 6.20 Å². The van der Waals surface area contributed by atoms with Gasteiger partial charge in [0.1, 0.15) is 24.0 Å². The third kappa shape index (κ3) is 5.91. The molecule has 9 nitrogen and oxygen atoms in total. The van der Waals surface area contributed by atoms with Gasteiger partial charge in [0.15, 0.2) is 11.6 Å². The lowest BCUT2D eigenvalue weighted by molar-refractivity contribution is -0.122. The summed E-state index contributed by atoms with van der Waals surface area (Å²) in [6.07, 6.45) is 3.71. The van der Waals surface area contributed by atoms with Gasteiger partial charge in [0, 0.05) is 36.5 Å². The standard InChI is InChI=1S/C19H19F4N7O2/c1-10(9-31)27-17(32)8-30-7-12(4-26-30)28-19-25-6-16(23)18(29-19)24-5-13-14(21)2-11(20)3-15(13)22/h2-4,6-7,10,31H,5,8-9H2,1H3,(H,27,32)(H2,24,25,28,29)/t10-/m1/s1. The maximum absolute atomic E-state index is 14.0. The van der Waals surface area contributed by atoms with Crippen LogP contribution in [0.4, 0.5) is 35.0 Å². The lowest BCUT2D eigenvalue weighted by Gasteiger charge is -2.10. The molecule has 1 aromatic carbocycles. The van der Waals surface area contributed by atoms with Gasteiger partial charge in [0.2, 0.25) is 11.9 Å². The summed E-state index contributed by atoms with van der Waals surface area (Å²) in [5.74, 6) is -4.92. The normalized spacial score (nSPS) is 11.8. The first kappa shape index (κ1) is 22.9. The average Bonchev–Trinajstić information content (AvgIpc) is 3.15. The molecule has 0 saturated carbocycles. The molecule has 1 amide bonds. The number of rotatable bonds is 9. The van der Waals surface area contributed by atoms with E-state index in [2.05, 4.69) is 31.0 Å². The number of benzene rings is 1. The molecule has 2 aromatic heterocycles. The second-order valence-electron chi connectivity index (χ2n) is 6.79. The van der Waals surface area contributed by atoms with Gasteiger partial charge < -0.3 is 21.1 Å². The summed E-state index contributed by atoms with van der Waals surface area (Å²) in [6.45, 7) is 0.864. The zero-order valence-corrected chi connectivity index (χ0v) is 16.7. The van der Waals surface area contributed by atoms with Crippen LogP contribution < -0.4 is 16.0 Å². The van der Waals surface area contributed by atoms with E-state index < -0.39 is 41.4 Å². The third-order valence-corrected chi connectivity index (χ3v) is 4.16. The maximum atomic E-state index is 14.0.